The van der Waals surface area contributed by atoms with Crippen LogP contribution in [0.3, 0.4) is 0 Å². The van der Waals surface area contributed by atoms with E-state index >= 15 is 0 Å². The molecule has 0 amide bonds. The monoisotopic (exact) mass is 391 g/mol. The highest BCUT2D eigenvalue weighted by Gasteiger charge is 2.31. The topological polar surface area (TPSA) is 81.0 Å². The number of hydrogen-bond donors (Lipinski definition) is 0. The molecule has 0 saturated carbocycles. The summed E-state index contributed by atoms with van der Waals surface area (Å²) in [5, 5.41) is 7.72. The molecule has 9 heteroatoms. The first-order valence-corrected chi connectivity index (χ1v) is 11.2. The fourth-order valence-corrected chi connectivity index (χ4v) is 6.06. The summed E-state index contributed by atoms with van der Waals surface area (Å²) in [6.07, 6.45) is 2.23. The standard InChI is InChI=1S/C17H21N5O2S2/c1-11-15(12(2)22(20-11)13-5-7-26(23,24)9-13)8-21(3)16-14-4-6-25-17(14)19-10-18-16/h4,6,10,13H,5,7-9H2,1-3H3. The second-order valence-electron chi connectivity index (χ2n) is 6.84. The van der Waals surface area contributed by atoms with Crippen LogP contribution in [-0.4, -0.2) is 46.7 Å². The van der Waals surface area contributed by atoms with Crippen molar-refractivity contribution in [3.63, 3.8) is 0 Å². The molecule has 26 heavy (non-hydrogen) atoms. The summed E-state index contributed by atoms with van der Waals surface area (Å²) in [6.45, 7) is 4.67. The molecule has 0 bridgehead atoms. The van der Waals surface area contributed by atoms with Crippen molar-refractivity contribution in [1.82, 2.24) is 19.7 Å². The van der Waals surface area contributed by atoms with Gasteiger partial charge < -0.3 is 4.90 Å². The van der Waals surface area contributed by atoms with Crippen molar-refractivity contribution in [2.24, 2.45) is 0 Å². The second-order valence-corrected chi connectivity index (χ2v) is 9.97. The molecule has 1 fully saturated rings. The zero-order chi connectivity index (χ0) is 18.5. The third kappa shape index (κ3) is 2.99. The summed E-state index contributed by atoms with van der Waals surface area (Å²) in [7, 11) is -0.925. The van der Waals surface area contributed by atoms with Gasteiger partial charge in [-0.1, -0.05) is 0 Å². The number of hydrogen-bond acceptors (Lipinski definition) is 7. The molecule has 0 radical (unpaired) electrons. The first-order chi connectivity index (χ1) is 12.4. The maximum Gasteiger partial charge on any atom is 0.152 e. The first kappa shape index (κ1) is 17.4. The van der Waals surface area contributed by atoms with Crippen LogP contribution in [0.5, 0.6) is 0 Å². The van der Waals surface area contributed by atoms with E-state index in [1.54, 1.807) is 17.7 Å². The summed E-state index contributed by atoms with van der Waals surface area (Å²) < 4.78 is 25.5. The largest absolute Gasteiger partial charge is 0.355 e. The van der Waals surface area contributed by atoms with Gasteiger partial charge in [0.2, 0.25) is 0 Å². The first-order valence-electron chi connectivity index (χ1n) is 8.50. The van der Waals surface area contributed by atoms with E-state index in [0.717, 1.165) is 33.0 Å². The predicted octanol–water partition coefficient (Wildman–Crippen LogP) is 2.50. The SMILES string of the molecule is Cc1nn(C2CCS(=O)(=O)C2)c(C)c1CN(C)c1ncnc2sccc12. The maximum atomic E-state index is 11.8. The van der Waals surface area contributed by atoms with Crippen LogP contribution in [0.1, 0.15) is 29.4 Å². The Balaban J connectivity index is 1.64. The van der Waals surface area contributed by atoms with Crippen LogP contribution in [0.25, 0.3) is 10.2 Å². The molecule has 1 unspecified atom stereocenters. The van der Waals surface area contributed by atoms with Crippen LogP contribution in [0, 0.1) is 13.8 Å². The number of anilines is 1. The number of fused-ring (bicyclic) bond motifs is 1. The molecule has 3 aromatic rings. The van der Waals surface area contributed by atoms with Crippen LogP contribution in [0.15, 0.2) is 17.8 Å². The summed E-state index contributed by atoms with van der Waals surface area (Å²) >= 11 is 1.60. The van der Waals surface area contributed by atoms with Gasteiger partial charge in [-0.2, -0.15) is 5.10 Å². The van der Waals surface area contributed by atoms with Crippen LogP contribution in [0.2, 0.25) is 0 Å². The smallest absolute Gasteiger partial charge is 0.152 e. The molecule has 138 valence electrons. The third-order valence-corrected chi connectivity index (χ3v) is 7.60. The molecule has 1 saturated heterocycles. The van der Waals surface area contributed by atoms with Crippen LogP contribution in [-0.2, 0) is 16.4 Å². The summed E-state index contributed by atoms with van der Waals surface area (Å²) in [4.78, 5) is 11.8. The highest BCUT2D eigenvalue weighted by molar-refractivity contribution is 7.91. The quantitative estimate of drug-likeness (QED) is 0.680. The van der Waals surface area contributed by atoms with Crippen LogP contribution >= 0.6 is 11.3 Å². The molecule has 1 atom stereocenters. The Morgan fingerprint density at radius 2 is 2.15 bits per heavy atom. The van der Waals surface area contributed by atoms with E-state index in [9.17, 15) is 8.42 Å². The molecule has 0 spiro atoms. The van der Waals surface area contributed by atoms with Crippen molar-refractivity contribution in [1.29, 1.82) is 0 Å². The van der Waals surface area contributed by atoms with Gasteiger partial charge in [-0.15, -0.1) is 11.3 Å². The van der Waals surface area contributed by atoms with Gasteiger partial charge in [0.05, 0.1) is 28.6 Å². The molecule has 0 aromatic carbocycles. The zero-order valence-corrected chi connectivity index (χ0v) is 16.6. The molecule has 4 heterocycles. The van der Waals surface area contributed by atoms with Gasteiger partial charge in [0.1, 0.15) is 17.0 Å². The van der Waals surface area contributed by atoms with Gasteiger partial charge in [-0.25, -0.2) is 18.4 Å². The number of rotatable bonds is 4. The lowest BCUT2D eigenvalue weighted by Gasteiger charge is -2.19. The lowest BCUT2D eigenvalue weighted by molar-refractivity contribution is 0.485. The van der Waals surface area contributed by atoms with E-state index in [0.29, 0.717) is 13.0 Å². The van der Waals surface area contributed by atoms with Crippen molar-refractivity contribution in [3.8, 4) is 0 Å². The van der Waals surface area contributed by atoms with Crippen LogP contribution < -0.4 is 4.90 Å². The summed E-state index contributed by atoms with van der Waals surface area (Å²) in [6, 6.07) is 1.98. The number of thiophene rings is 1. The lowest BCUT2D eigenvalue weighted by Crippen LogP contribution is -2.19. The van der Waals surface area contributed by atoms with Gasteiger partial charge in [-0.3, -0.25) is 4.68 Å². The molecule has 4 rings (SSSR count). The minimum atomic E-state index is -2.93. The van der Waals surface area contributed by atoms with Crippen molar-refractivity contribution < 1.29 is 8.42 Å². The molecule has 1 aliphatic heterocycles. The van der Waals surface area contributed by atoms with E-state index in [4.69, 9.17) is 0 Å². The number of sulfone groups is 1. The zero-order valence-electron chi connectivity index (χ0n) is 15.0. The van der Waals surface area contributed by atoms with Crippen molar-refractivity contribution >= 4 is 37.2 Å². The van der Waals surface area contributed by atoms with Gasteiger partial charge in [0.25, 0.3) is 0 Å². The predicted molar refractivity (Wildman–Crippen MR) is 104 cm³/mol. The fraction of sp³-hybridized carbons (Fsp3) is 0.471. The second kappa shape index (κ2) is 6.31. The Labute approximate surface area is 156 Å². The molecule has 0 N–H and O–H groups in total. The van der Waals surface area contributed by atoms with E-state index in [-0.39, 0.29) is 17.5 Å². The Morgan fingerprint density at radius 3 is 2.88 bits per heavy atom. The van der Waals surface area contributed by atoms with E-state index in [2.05, 4.69) is 20.0 Å². The van der Waals surface area contributed by atoms with Crippen molar-refractivity contribution in [2.75, 3.05) is 23.5 Å². The van der Waals surface area contributed by atoms with Crippen LogP contribution in [0.4, 0.5) is 5.82 Å². The van der Waals surface area contributed by atoms with E-state index in [1.807, 2.05) is 37.0 Å². The van der Waals surface area contributed by atoms with Gasteiger partial charge >= 0.3 is 0 Å². The van der Waals surface area contributed by atoms with E-state index < -0.39 is 9.84 Å². The number of nitrogens with zero attached hydrogens (tertiary/aromatic N) is 5. The summed E-state index contributed by atoms with van der Waals surface area (Å²) in [5.74, 6) is 1.33. The van der Waals surface area contributed by atoms with Gasteiger partial charge in [0.15, 0.2) is 9.84 Å². The molecule has 1 aliphatic rings. The maximum absolute atomic E-state index is 11.8. The van der Waals surface area contributed by atoms with Crippen molar-refractivity contribution in [2.45, 2.75) is 32.9 Å². The lowest BCUT2D eigenvalue weighted by atomic mass is 10.1. The molecule has 7 nitrogen and oxygen atoms in total. The number of aryl methyl sites for hydroxylation is 1. The fourth-order valence-electron chi connectivity index (χ4n) is 3.64. The highest BCUT2D eigenvalue weighted by atomic mass is 32.2. The summed E-state index contributed by atoms with van der Waals surface area (Å²) in [5.41, 5.74) is 3.10. The van der Waals surface area contributed by atoms with Gasteiger partial charge in [0, 0.05) is 24.8 Å². The highest BCUT2D eigenvalue weighted by Crippen LogP contribution is 2.30. The Morgan fingerprint density at radius 1 is 1.35 bits per heavy atom. The normalized spacial score (nSPS) is 19.3. The molecule has 3 aromatic heterocycles. The minimum Gasteiger partial charge on any atom is -0.355 e. The molecular weight excluding hydrogens is 370 g/mol. The average Bonchev–Trinajstić information content (AvgIpc) is 3.27. The Kier molecular flexibility index (Phi) is 4.23. The van der Waals surface area contributed by atoms with Gasteiger partial charge in [-0.05, 0) is 31.7 Å². The van der Waals surface area contributed by atoms with Crippen molar-refractivity contribution in [3.05, 3.63) is 34.7 Å². The Hall–Kier alpha value is -2.00. The number of aromatic nitrogens is 4. The Bertz CT molecular complexity index is 1070. The molecular formula is C17H21N5O2S2. The third-order valence-electron chi connectivity index (χ3n) is 5.03. The molecule has 0 aliphatic carbocycles. The minimum absolute atomic E-state index is 0.0552. The average molecular weight is 392 g/mol. The van der Waals surface area contributed by atoms with E-state index in [1.165, 1.54) is 0 Å².